The molecule has 2 aromatic rings. The molecule has 0 aliphatic carbocycles. The second-order valence-electron chi connectivity index (χ2n) is 3.80. The third kappa shape index (κ3) is 2.70. The highest BCUT2D eigenvalue weighted by atomic mass is 16.5. The molecular formula is C12H15N2O5+. The first-order chi connectivity index (χ1) is 9.17. The highest BCUT2D eigenvalue weighted by Crippen LogP contribution is 2.38. The van der Waals surface area contributed by atoms with Crippen LogP contribution in [0, 0.1) is 0 Å². The molecule has 0 radical (unpaired) electrons. The van der Waals surface area contributed by atoms with Gasteiger partial charge in [0, 0.05) is 5.56 Å². The van der Waals surface area contributed by atoms with E-state index in [-0.39, 0.29) is 0 Å². The van der Waals surface area contributed by atoms with Gasteiger partial charge in [0.1, 0.15) is 0 Å². The van der Waals surface area contributed by atoms with Gasteiger partial charge in [-0.15, -0.1) is 0 Å². The predicted molar refractivity (Wildman–Crippen MR) is 64.7 cm³/mol. The summed E-state index contributed by atoms with van der Waals surface area (Å²) in [5.41, 5.74) is 0.434. The second kappa shape index (κ2) is 5.47. The molecule has 7 nitrogen and oxygen atoms in total. The molecule has 0 amide bonds. The molecule has 0 atom stereocenters. The van der Waals surface area contributed by atoms with Crippen molar-refractivity contribution < 1.29 is 23.4 Å². The average molecular weight is 267 g/mol. The Morgan fingerprint density at radius 1 is 1.16 bits per heavy atom. The van der Waals surface area contributed by atoms with Crippen LogP contribution in [-0.2, 0) is 6.54 Å². The molecule has 102 valence electrons. The zero-order valence-corrected chi connectivity index (χ0v) is 10.9. The van der Waals surface area contributed by atoms with Crippen molar-refractivity contribution in [1.82, 2.24) is 5.27 Å². The fourth-order valence-electron chi connectivity index (χ4n) is 1.78. The molecule has 0 fully saturated rings. The minimum absolute atomic E-state index is 0.419. The van der Waals surface area contributed by atoms with Gasteiger partial charge >= 0.3 is 5.63 Å². The summed E-state index contributed by atoms with van der Waals surface area (Å²) in [5.74, 6) is 1.64. The first kappa shape index (κ1) is 13.0. The van der Waals surface area contributed by atoms with Gasteiger partial charge < -0.3 is 14.2 Å². The molecule has 0 aliphatic rings. The van der Waals surface area contributed by atoms with Crippen molar-refractivity contribution in [3.8, 4) is 17.2 Å². The first-order valence-corrected chi connectivity index (χ1v) is 5.54. The van der Waals surface area contributed by atoms with E-state index in [2.05, 4.69) is 9.79 Å². The summed E-state index contributed by atoms with van der Waals surface area (Å²) in [4.78, 5) is 10.9. The Morgan fingerprint density at radius 2 is 1.79 bits per heavy atom. The maximum Gasteiger partial charge on any atom is 0.426 e. The summed E-state index contributed by atoms with van der Waals surface area (Å²) < 4.78 is 21.8. The summed E-state index contributed by atoms with van der Waals surface area (Å²) in [6, 6.07) is 3.61. The predicted octanol–water partition coefficient (Wildman–Crippen LogP) is 0.329. The van der Waals surface area contributed by atoms with E-state index in [1.54, 1.807) is 33.5 Å². The zero-order valence-electron chi connectivity index (χ0n) is 10.9. The number of hydrogen-bond donors (Lipinski definition) is 1. The van der Waals surface area contributed by atoms with E-state index in [4.69, 9.17) is 14.2 Å². The summed E-state index contributed by atoms with van der Waals surface area (Å²) in [7, 11) is 4.64. The fraction of sp³-hybridized carbons (Fsp3) is 0.333. The largest absolute Gasteiger partial charge is 0.493 e. The number of H-pyrrole nitrogens is 1. The first-order valence-electron chi connectivity index (χ1n) is 5.54. The van der Waals surface area contributed by atoms with Gasteiger partial charge in [0.05, 0.1) is 21.3 Å². The number of nitrogens with one attached hydrogen (secondary N) is 1. The Kier molecular flexibility index (Phi) is 3.74. The van der Waals surface area contributed by atoms with Crippen LogP contribution >= 0.6 is 0 Å². The van der Waals surface area contributed by atoms with Crippen molar-refractivity contribution in [1.29, 1.82) is 0 Å². The molecule has 0 spiro atoms. The van der Waals surface area contributed by atoms with Gasteiger partial charge in [-0.05, 0) is 17.4 Å². The molecule has 1 aromatic carbocycles. The van der Waals surface area contributed by atoms with E-state index in [9.17, 15) is 4.79 Å². The van der Waals surface area contributed by atoms with Gasteiger partial charge in [0.15, 0.2) is 11.5 Å². The molecule has 7 heteroatoms. The molecule has 1 heterocycles. The number of aromatic nitrogens is 2. The Hall–Kier alpha value is -2.44. The molecular weight excluding hydrogens is 252 g/mol. The van der Waals surface area contributed by atoms with Crippen molar-refractivity contribution in [2.75, 3.05) is 21.3 Å². The maximum atomic E-state index is 10.9. The lowest BCUT2D eigenvalue weighted by Gasteiger charge is -2.12. The lowest BCUT2D eigenvalue weighted by Crippen LogP contribution is -2.35. The lowest BCUT2D eigenvalue weighted by molar-refractivity contribution is -0.754. The molecule has 19 heavy (non-hydrogen) atoms. The zero-order chi connectivity index (χ0) is 13.8. The minimum atomic E-state index is -0.438. The van der Waals surface area contributed by atoms with E-state index in [0.717, 1.165) is 5.56 Å². The van der Waals surface area contributed by atoms with Gasteiger partial charge in [0.25, 0.3) is 6.20 Å². The van der Waals surface area contributed by atoms with Gasteiger partial charge in [-0.1, -0.05) is 4.68 Å². The van der Waals surface area contributed by atoms with E-state index in [1.165, 1.54) is 10.9 Å². The van der Waals surface area contributed by atoms with E-state index in [1.807, 2.05) is 0 Å². The normalized spacial score (nSPS) is 10.3. The summed E-state index contributed by atoms with van der Waals surface area (Å²) in [5, 5.41) is 2.47. The summed E-state index contributed by atoms with van der Waals surface area (Å²) in [6.07, 6.45) is 1.32. The number of aromatic amines is 1. The number of ether oxygens (including phenoxy) is 3. The van der Waals surface area contributed by atoms with Crippen LogP contribution in [-0.4, -0.2) is 26.6 Å². The highest BCUT2D eigenvalue weighted by Gasteiger charge is 2.16. The monoisotopic (exact) mass is 267 g/mol. The van der Waals surface area contributed by atoms with Crippen molar-refractivity contribution in [2.45, 2.75) is 6.54 Å². The number of benzene rings is 1. The second-order valence-corrected chi connectivity index (χ2v) is 3.80. The molecule has 0 saturated heterocycles. The van der Waals surface area contributed by atoms with Crippen LogP contribution in [0.4, 0.5) is 0 Å². The van der Waals surface area contributed by atoms with Gasteiger partial charge in [-0.2, -0.15) is 0 Å². The van der Waals surface area contributed by atoms with Crippen molar-refractivity contribution >= 4 is 0 Å². The van der Waals surface area contributed by atoms with Crippen LogP contribution in [0.15, 0.2) is 27.6 Å². The number of methoxy groups -OCH3 is 3. The van der Waals surface area contributed by atoms with E-state index in [0.29, 0.717) is 23.8 Å². The fourth-order valence-corrected chi connectivity index (χ4v) is 1.78. The Labute approximate surface area is 109 Å². The third-order valence-corrected chi connectivity index (χ3v) is 2.60. The molecule has 0 aliphatic heterocycles. The highest BCUT2D eigenvalue weighted by molar-refractivity contribution is 5.53. The quantitative estimate of drug-likeness (QED) is 0.790. The standard InChI is InChI=1S/C12H14N2O5/c1-16-9-4-8(5-10(17-2)12(9)18-3)6-14-7-11(15)19-13-14/h4-5,7H,6H2,1-3H3/p+1. The topological polar surface area (TPSA) is 77.6 Å². The molecule has 0 saturated carbocycles. The van der Waals surface area contributed by atoms with Crippen molar-refractivity contribution in [2.24, 2.45) is 0 Å². The number of nitrogens with zero attached hydrogens (tertiary/aromatic N) is 1. The van der Waals surface area contributed by atoms with Gasteiger partial charge in [-0.25, -0.2) is 4.79 Å². The van der Waals surface area contributed by atoms with Crippen molar-refractivity contribution in [3.05, 3.63) is 34.3 Å². The third-order valence-electron chi connectivity index (χ3n) is 2.60. The average Bonchev–Trinajstić information content (AvgIpc) is 2.82. The van der Waals surface area contributed by atoms with Crippen LogP contribution in [0.25, 0.3) is 0 Å². The number of rotatable bonds is 5. The Morgan fingerprint density at radius 3 is 2.21 bits per heavy atom. The summed E-state index contributed by atoms with van der Waals surface area (Å²) in [6.45, 7) is 0.419. The molecule has 0 unspecified atom stereocenters. The molecule has 0 bridgehead atoms. The summed E-state index contributed by atoms with van der Waals surface area (Å²) >= 11 is 0. The molecule has 1 aromatic heterocycles. The maximum absolute atomic E-state index is 10.9. The van der Waals surface area contributed by atoms with Crippen molar-refractivity contribution in [3.63, 3.8) is 0 Å². The molecule has 1 N–H and O–H groups in total. The van der Waals surface area contributed by atoms with Gasteiger partial charge in [0.2, 0.25) is 12.3 Å². The van der Waals surface area contributed by atoms with Crippen LogP contribution in [0.1, 0.15) is 5.56 Å². The van der Waals surface area contributed by atoms with E-state index < -0.39 is 5.63 Å². The minimum Gasteiger partial charge on any atom is -0.493 e. The van der Waals surface area contributed by atoms with Crippen LogP contribution in [0.2, 0.25) is 0 Å². The SMILES string of the molecule is COc1cc(C[n+]2cc(=O)o[nH]2)cc(OC)c1OC. The lowest BCUT2D eigenvalue weighted by atomic mass is 10.2. The Balaban J connectivity index is 2.38. The smallest absolute Gasteiger partial charge is 0.426 e. The van der Waals surface area contributed by atoms with Crippen LogP contribution in [0.5, 0.6) is 17.2 Å². The Bertz CT molecular complexity index is 592. The van der Waals surface area contributed by atoms with Crippen LogP contribution < -0.4 is 24.5 Å². The van der Waals surface area contributed by atoms with Crippen LogP contribution in [0.3, 0.4) is 0 Å². The van der Waals surface area contributed by atoms with Gasteiger partial charge in [-0.3, -0.25) is 4.52 Å². The molecule has 2 rings (SSSR count). The van der Waals surface area contributed by atoms with E-state index >= 15 is 0 Å². The number of hydrogen-bond acceptors (Lipinski definition) is 5.